The third-order valence-electron chi connectivity index (χ3n) is 7.59. The van der Waals surface area contributed by atoms with E-state index in [4.69, 9.17) is 4.74 Å². The molecule has 4 heterocycles. The summed E-state index contributed by atoms with van der Waals surface area (Å²) >= 11 is 0. The number of aromatic amines is 2. The lowest BCUT2D eigenvalue weighted by atomic mass is 9.77. The van der Waals surface area contributed by atoms with Gasteiger partial charge in [-0.1, -0.05) is 18.2 Å². The zero-order valence-electron chi connectivity index (χ0n) is 19.6. The number of ether oxygens (including phenoxy) is 1. The number of nitrogens with one attached hydrogen (secondary N) is 2. The van der Waals surface area contributed by atoms with Crippen molar-refractivity contribution >= 4 is 28.4 Å². The summed E-state index contributed by atoms with van der Waals surface area (Å²) in [6, 6.07) is 15.7. The van der Waals surface area contributed by atoms with Gasteiger partial charge in [-0.15, -0.1) is 0 Å². The number of benzene rings is 2. The average Bonchev–Trinajstić information content (AvgIpc) is 3.64. The van der Waals surface area contributed by atoms with Crippen molar-refractivity contribution in [1.29, 1.82) is 0 Å². The fourth-order valence-electron chi connectivity index (χ4n) is 5.51. The Morgan fingerprint density at radius 2 is 1.86 bits per heavy atom. The predicted molar refractivity (Wildman–Crippen MR) is 133 cm³/mol. The third kappa shape index (κ3) is 3.56. The number of carbonyl (C=O) groups is 2. The summed E-state index contributed by atoms with van der Waals surface area (Å²) in [6.45, 7) is 1.83. The van der Waals surface area contributed by atoms with Gasteiger partial charge in [0.05, 0.1) is 18.7 Å². The van der Waals surface area contributed by atoms with Gasteiger partial charge in [0.1, 0.15) is 11.4 Å². The van der Waals surface area contributed by atoms with Crippen molar-refractivity contribution in [2.24, 2.45) is 5.41 Å². The van der Waals surface area contributed by atoms with E-state index in [9.17, 15) is 9.59 Å². The molecule has 4 aromatic rings. The second kappa shape index (κ2) is 8.30. The zero-order valence-corrected chi connectivity index (χ0v) is 19.6. The maximum Gasteiger partial charge on any atom is 0.270 e. The lowest BCUT2D eigenvalue weighted by molar-refractivity contribution is -0.127. The third-order valence-corrected chi connectivity index (χ3v) is 7.59. The van der Waals surface area contributed by atoms with E-state index < -0.39 is 5.41 Å². The van der Waals surface area contributed by atoms with Crippen LogP contribution in [0.1, 0.15) is 29.8 Å². The van der Waals surface area contributed by atoms with Crippen LogP contribution in [-0.4, -0.2) is 58.6 Å². The van der Waals surface area contributed by atoms with Crippen LogP contribution >= 0.6 is 0 Å². The highest BCUT2D eigenvalue weighted by Gasteiger charge is 2.49. The van der Waals surface area contributed by atoms with Gasteiger partial charge in [-0.2, -0.15) is 5.10 Å². The van der Waals surface area contributed by atoms with Crippen molar-refractivity contribution in [3.8, 4) is 16.9 Å². The number of nitrogens with zero attached hydrogens (tertiary/aromatic N) is 3. The minimum absolute atomic E-state index is 0.00192. The maximum absolute atomic E-state index is 13.6. The van der Waals surface area contributed by atoms with Crippen molar-refractivity contribution in [1.82, 2.24) is 20.1 Å². The molecule has 8 heteroatoms. The molecule has 0 radical (unpaired) electrons. The van der Waals surface area contributed by atoms with Crippen LogP contribution in [0.2, 0.25) is 0 Å². The monoisotopic (exact) mass is 469 g/mol. The molecule has 2 fully saturated rings. The lowest BCUT2D eigenvalue weighted by Crippen LogP contribution is -2.46. The van der Waals surface area contributed by atoms with Gasteiger partial charge in [0.15, 0.2) is 0 Å². The Morgan fingerprint density at radius 3 is 2.60 bits per heavy atom. The van der Waals surface area contributed by atoms with E-state index >= 15 is 0 Å². The number of carbonyl (C=O) groups excluding carboxylic acids is 2. The van der Waals surface area contributed by atoms with Gasteiger partial charge < -0.3 is 19.5 Å². The zero-order chi connectivity index (χ0) is 24.0. The van der Waals surface area contributed by atoms with E-state index in [1.807, 2.05) is 64.5 Å². The number of piperidine rings is 1. The summed E-state index contributed by atoms with van der Waals surface area (Å²) in [5, 5.41) is 7.87. The van der Waals surface area contributed by atoms with Crippen molar-refractivity contribution in [3.05, 3.63) is 66.6 Å². The fraction of sp³-hybridized carbons (Fsp3) is 0.296. The summed E-state index contributed by atoms with van der Waals surface area (Å²) in [6.07, 6.45) is 5.72. The molecule has 2 N–H and O–H groups in total. The second-order valence-electron chi connectivity index (χ2n) is 9.42. The molecular formula is C27H27N5O3. The molecule has 2 aromatic heterocycles. The molecule has 2 aliphatic heterocycles. The summed E-state index contributed by atoms with van der Waals surface area (Å²) in [5.41, 5.74) is 3.85. The average molecular weight is 470 g/mol. The number of likely N-dealkylation sites (tertiary alicyclic amines) is 1. The normalized spacial score (nSPS) is 17.5. The van der Waals surface area contributed by atoms with E-state index in [2.05, 4.69) is 15.2 Å². The first-order chi connectivity index (χ1) is 17.1. The van der Waals surface area contributed by atoms with Crippen LogP contribution in [0.3, 0.4) is 0 Å². The predicted octanol–water partition coefficient (Wildman–Crippen LogP) is 4.23. The summed E-state index contributed by atoms with van der Waals surface area (Å²) in [5.74, 6) is 0.850. The Balaban J connectivity index is 1.17. The second-order valence-corrected chi connectivity index (χ2v) is 9.42. The minimum Gasteiger partial charge on any atom is -0.496 e. The Labute approximate surface area is 202 Å². The van der Waals surface area contributed by atoms with Gasteiger partial charge in [-0.3, -0.25) is 14.7 Å². The number of para-hydroxylation sites is 1. The molecule has 8 nitrogen and oxygen atoms in total. The molecule has 0 saturated carbocycles. The topological polar surface area (TPSA) is 94.3 Å². The Morgan fingerprint density at radius 1 is 1.06 bits per heavy atom. The van der Waals surface area contributed by atoms with Gasteiger partial charge >= 0.3 is 0 Å². The van der Waals surface area contributed by atoms with Gasteiger partial charge in [0.2, 0.25) is 5.91 Å². The number of hydrogen-bond acceptors (Lipinski definition) is 4. The van der Waals surface area contributed by atoms with Crippen LogP contribution in [0.25, 0.3) is 22.0 Å². The molecule has 0 aliphatic carbocycles. The largest absolute Gasteiger partial charge is 0.496 e. The van der Waals surface area contributed by atoms with E-state index in [1.54, 1.807) is 13.3 Å². The van der Waals surface area contributed by atoms with Gasteiger partial charge in [-0.25, -0.2) is 0 Å². The van der Waals surface area contributed by atoms with Gasteiger partial charge in [-0.05, 0) is 43.5 Å². The smallest absolute Gasteiger partial charge is 0.270 e. The number of fused-ring (bicyclic) bond motifs is 1. The van der Waals surface area contributed by atoms with Crippen LogP contribution in [-0.2, 0) is 4.79 Å². The number of anilines is 1. The molecule has 1 spiro atoms. The summed E-state index contributed by atoms with van der Waals surface area (Å²) in [7, 11) is 1.63. The molecule has 0 atom stereocenters. The summed E-state index contributed by atoms with van der Waals surface area (Å²) in [4.78, 5) is 33.7. The van der Waals surface area contributed by atoms with Crippen LogP contribution in [0.4, 0.5) is 5.69 Å². The number of rotatable bonds is 4. The van der Waals surface area contributed by atoms with Crippen molar-refractivity contribution in [2.75, 3.05) is 31.6 Å². The number of amides is 2. The summed E-state index contributed by atoms with van der Waals surface area (Å²) < 4.78 is 5.62. The molecular weight excluding hydrogens is 442 g/mol. The van der Waals surface area contributed by atoms with E-state index in [0.717, 1.165) is 34.1 Å². The molecule has 35 heavy (non-hydrogen) atoms. The van der Waals surface area contributed by atoms with E-state index in [0.29, 0.717) is 43.9 Å². The van der Waals surface area contributed by atoms with Crippen molar-refractivity contribution in [3.63, 3.8) is 0 Å². The molecule has 0 bridgehead atoms. The highest BCUT2D eigenvalue weighted by molar-refractivity contribution is 6.01. The molecule has 178 valence electrons. The van der Waals surface area contributed by atoms with E-state index in [1.165, 1.54) is 0 Å². The first-order valence-electron chi connectivity index (χ1n) is 11.9. The molecule has 2 saturated heterocycles. The highest BCUT2D eigenvalue weighted by Crippen LogP contribution is 2.44. The van der Waals surface area contributed by atoms with Crippen LogP contribution in [0.5, 0.6) is 5.75 Å². The molecule has 0 unspecified atom stereocenters. The quantitative estimate of drug-likeness (QED) is 0.468. The SMILES string of the molecule is COc1cc(N2CCC3(CCN(C(=O)c4cc5ccccc5[nH]4)CC3)C2=O)ccc1-c1cn[nH]c1. The van der Waals surface area contributed by atoms with Gasteiger partial charge in [0, 0.05) is 59.6 Å². The molecule has 2 aromatic carbocycles. The standard InChI is InChI=1S/C27H27N5O3/c1-35-24-15-20(6-7-21(24)19-16-28-29-17-19)32-13-10-27(26(32)34)8-11-31(12-9-27)25(33)23-14-18-4-2-3-5-22(18)30-23/h2-7,14-17,30H,8-13H2,1H3,(H,28,29). The Bertz CT molecular complexity index is 1370. The van der Waals surface area contributed by atoms with Crippen LogP contribution in [0, 0.1) is 5.41 Å². The minimum atomic E-state index is -0.409. The molecule has 2 aliphatic rings. The number of methoxy groups -OCH3 is 1. The highest BCUT2D eigenvalue weighted by atomic mass is 16.5. The number of aromatic nitrogens is 3. The van der Waals surface area contributed by atoms with E-state index in [-0.39, 0.29) is 11.8 Å². The fourth-order valence-corrected chi connectivity index (χ4v) is 5.51. The number of hydrogen-bond donors (Lipinski definition) is 2. The lowest BCUT2D eigenvalue weighted by Gasteiger charge is -2.37. The van der Waals surface area contributed by atoms with Crippen molar-refractivity contribution in [2.45, 2.75) is 19.3 Å². The first kappa shape index (κ1) is 21.5. The van der Waals surface area contributed by atoms with Crippen LogP contribution < -0.4 is 9.64 Å². The van der Waals surface area contributed by atoms with Gasteiger partial charge in [0.25, 0.3) is 5.91 Å². The Kier molecular flexibility index (Phi) is 5.09. The number of H-pyrrole nitrogens is 2. The Hall–Kier alpha value is -4.07. The first-order valence-corrected chi connectivity index (χ1v) is 11.9. The molecule has 2 amide bonds. The molecule has 6 rings (SSSR count). The maximum atomic E-state index is 13.6. The van der Waals surface area contributed by atoms with Crippen LogP contribution in [0.15, 0.2) is 60.9 Å². The van der Waals surface area contributed by atoms with Crippen molar-refractivity contribution < 1.29 is 14.3 Å².